The molecule has 0 aliphatic rings. The van der Waals surface area contributed by atoms with Crippen molar-refractivity contribution in [3.8, 4) is 17.6 Å². The van der Waals surface area contributed by atoms with E-state index in [-0.39, 0.29) is 5.56 Å². The molecule has 1 aromatic carbocycles. The first-order valence-corrected chi connectivity index (χ1v) is 6.67. The number of nitrogens with two attached hydrogens (primary N) is 1. The predicted molar refractivity (Wildman–Crippen MR) is 83.5 cm³/mol. The summed E-state index contributed by atoms with van der Waals surface area (Å²) in [6.45, 7) is 2.66. The van der Waals surface area contributed by atoms with Crippen LogP contribution in [0.15, 0.2) is 41.3 Å². The summed E-state index contributed by atoms with van der Waals surface area (Å²) in [5, 5.41) is 0. The molecule has 4 nitrogen and oxygen atoms in total. The quantitative estimate of drug-likeness (QED) is 0.868. The zero-order valence-corrected chi connectivity index (χ0v) is 12.2. The lowest BCUT2D eigenvalue weighted by Gasteiger charge is -2.11. The van der Waals surface area contributed by atoms with E-state index < -0.39 is 0 Å². The number of pyridine rings is 1. The molecule has 0 bridgehead atoms. The molecule has 0 fully saturated rings. The van der Waals surface area contributed by atoms with E-state index in [4.69, 9.17) is 10.5 Å². The highest BCUT2D eigenvalue weighted by Crippen LogP contribution is 2.20. The summed E-state index contributed by atoms with van der Waals surface area (Å²) in [5.74, 6) is 6.54. The SMILES string of the molecule is COc1ccc(C#CCN)cc1Cn1ccc(C)cc1=O. The lowest BCUT2D eigenvalue weighted by molar-refractivity contribution is 0.408. The summed E-state index contributed by atoms with van der Waals surface area (Å²) in [5.41, 5.74) is 8.07. The Labute approximate surface area is 124 Å². The third-order valence-corrected chi connectivity index (χ3v) is 3.11. The van der Waals surface area contributed by atoms with Crippen molar-refractivity contribution in [2.75, 3.05) is 13.7 Å². The molecule has 1 aromatic heterocycles. The maximum Gasteiger partial charge on any atom is 0.251 e. The molecule has 4 heteroatoms. The molecule has 1 heterocycles. The van der Waals surface area contributed by atoms with Gasteiger partial charge in [-0.05, 0) is 36.8 Å². The van der Waals surface area contributed by atoms with Gasteiger partial charge in [-0.3, -0.25) is 4.79 Å². The van der Waals surface area contributed by atoms with Crippen molar-refractivity contribution in [1.29, 1.82) is 0 Å². The highest BCUT2D eigenvalue weighted by atomic mass is 16.5. The predicted octanol–water partition coefficient (Wildman–Crippen LogP) is 1.52. The van der Waals surface area contributed by atoms with E-state index in [0.717, 1.165) is 22.4 Å². The maximum absolute atomic E-state index is 12.0. The van der Waals surface area contributed by atoms with Crippen LogP contribution in [0.3, 0.4) is 0 Å². The molecule has 108 valence electrons. The Morgan fingerprint density at radius 3 is 2.76 bits per heavy atom. The van der Waals surface area contributed by atoms with Gasteiger partial charge >= 0.3 is 0 Å². The van der Waals surface area contributed by atoms with Gasteiger partial charge < -0.3 is 15.0 Å². The molecule has 0 unspecified atom stereocenters. The number of benzene rings is 1. The normalized spacial score (nSPS) is 9.86. The van der Waals surface area contributed by atoms with Gasteiger partial charge in [-0.25, -0.2) is 0 Å². The molecule has 0 saturated carbocycles. The van der Waals surface area contributed by atoms with E-state index in [1.54, 1.807) is 23.9 Å². The number of hydrogen-bond donors (Lipinski definition) is 1. The Balaban J connectivity index is 2.39. The number of methoxy groups -OCH3 is 1. The summed E-state index contributed by atoms with van der Waals surface area (Å²) in [6, 6.07) is 9.18. The average Bonchev–Trinajstić information content (AvgIpc) is 2.48. The van der Waals surface area contributed by atoms with Gasteiger partial charge in [-0.2, -0.15) is 0 Å². The first-order chi connectivity index (χ1) is 10.1. The molecule has 2 aromatic rings. The van der Waals surface area contributed by atoms with Crippen molar-refractivity contribution in [3.63, 3.8) is 0 Å². The Kier molecular flexibility index (Phi) is 4.81. The van der Waals surface area contributed by atoms with Crippen molar-refractivity contribution >= 4 is 0 Å². The second-order valence-electron chi connectivity index (χ2n) is 4.70. The molecule has 0 radical (unpaired) electrons. The Morgan fingerprint density at radius 1 is 1.29 bits per heavy atom. The standard InChI is InChI=1S/C17H18N2O2/c1-13-7-9-19(17(20)10-13)12-15-11-14(4-3-8-18)5-6-16(15)21-2/h5-7,9-11H,8,12,18H2,1-2H3. The summed E-state index contributed by atoms with van der Waals surface area (Å²) in [7, 11) is 1.61. The molecule has 0 aliphatic carbocycles. The summed E-state index contributed by atoms with van der Waals surface area (Å²) in [4.78, 5) is 12.0. The second kappa shape index (κ2) is 6.78. The maximum atomic E-state index is 12.0. The number of aromatic nitrogens is 1. The summed E-state index contributed by atoms with van der Waals surface area (Å²) < 4.78 is 7.00. The molecule has 0 saturated heterocycles. The van der Waals surface area contributed by atoms with Crippen molar-refractivity contribution in [2.24, 2.45) is 5.73 Å². The Morgan fingerprint density at radius 2 is 2.10 bits per heavy atom. The van der Waals surface area contributed by atoms with Crippen LogP contribution in [0.2, 0.25) is 0 Å². The molecular weight excluding hydrogens is 264 g/mol. The first-order valence-electron chi connectivity index (χ1n) is 6.67. The minimum Gasteiger partial charge on any atom is -0.496 e. The molecular formula is C17H18N2O2. The van der Waals surface area contributed by atoms with Crippen molar-refractivity contribution in [2.45, 2.75) is 13.5 Å². The van der Waals surface area contributed by atoms with Gasteiger partial charge in [0.1, 0.15) is 5.75 Å². The number of aryl methyl sites for hydroxylation is 1. The van der Waals surface area contributed by atoms with Crippen molar-refractivity contribution in [1.82, 2.24) is 4.57 Å². The molecule has 0 amide bonds. The third kappa shape index (κ3) is 3.74. The lowest BCUT2D eigenvalue weighted by Crippen LogP contribution is -2.19. The summed E-state index contributed by atoms with van der Waals surface area (Å²) in [6.07, 6.45) is 1.79. The van der Waals surface area contributed by atoms with Gasteiger partial charge in [-0.15, -0.1) is 0 Å². The van der Waals surface area contributed by atoms with Crippen LogP contribution in [0, 0.1) is 18.8 Å². The topological polar surface area (TPSA) is 57.2 Å². The van der Waals surface area contributed by atoms with E-state index in [2.05, 4.69) is 11.8 Å². The van der Waals surface area contributed by atoms with E-state index in [1.807, 2.05) is 31.2 Å². The number of nitrogens with zero attached hydrogens (tertiary/aromatic N) is 1. The van der Waals surface area contributed by atoms with Gasteiger partial charge in [0, 0.05) is 23.4 Å². The van der Waals surface area contributed by atoms with E-state index in [1.165, 1.54) is 0 Å². The first kappa shape index (κ1) is 14.9. The Bertz CT molecular complexity index is 751. The van der Waals surface area contributed by atoms with Crippen LogP contribution in [0.1, 0.15) is 16.7 Å². The highest BCUT2D eigenvalue weighted by Gasteiger charge is 2.06. The van der Waals surface area contributed by atoms with Crippen LogP contribution in [-0.2, 0) is 6.54 Å². The van der Waals surface area contributed by atoms with Crippen LogP contribution in [0.5, 0.6) is 5.75 Å². The molecule has 2 rings (SSSR count). The van der Waals surface area contributed by atoms with Gasteiger partial charge in [-0.1, -0.05) is 11.8 Å². The number of ether oxygens (including phenoxy) is 1. The molecule has 0 spiro atoms. The smallest absolute Gasteiger partial charge is 0.251 e. The van der Waals surface area contributed by atoms with Crippen LogP contribution in [0.25, 0.3) is 0 Å². The molecule has 2 N–H and O–H groups in total. The Hall–Kier alpha value is -2.51. The van der Waals surface area contributed by atoms with Crippen LogP contribution in [-0.4, -0.2) is 18.2 Å². The van der Waals surface area contributed by atoms with E-state index in [9.17, 15) is 4.79 Å². The zero-order chi connectivity index (χ0) is 15.2. The molecule has 0 atom stereocenters. The fourth-order valence-electron chi connectivity index (χ4n) is 2.05. The highest BCUT2D eigenvalue weighted by molar-refractivity contribution is 5.44. The van der Waals surface area contributed by atoms with Gasteiger partial charge in [0.05, 0.1) is 20.2 Å². The van der Waals surface area contributed by atoms with Crippen molar-refractivity contribution < 1.29 is 4.74 Å². The zero-order valence-electron chi connectivity index (χ0n) is 12.2. The van der Waals surface area contributed by atoms with Gasteiger partial charge in [0.25, 0.3) is 5.56 Å². The van der Waals surface area contributed by atoms with Crippen molar-refractivity contribution in [3.05, 3.63) is 63.6 Å². The van der Waals surface area contributed by atoms with Gasteiger partial charge in [0.2, 0.25) is 0 Å². The fourth-order valence-corrected chi connectivity index (χ4v) is 2.05. The fraction of sp³-hybridized carbons (Fsp3) is 0.235. The second-order valence-corrected chi connectivity index (χ2v) is 4.70. The molecule has 21 heavy (non-hydrogen) atoms. The van der Waals surface area contributed by atoms with Crippen LogP contribution < -0.4 is 16.0 Å². The monoisotopic (exact) mass is 282 g/mol. The molecule has 0 aliphatic heterocycles. The minimum atomic E-state index is -0.0319. The minimum absolute atomic E-state index is 0.0319. The van der Waals surface area contributed by atoms with E-state index in [0.29, 0.717) is 13.1 Å². The van der Waals surface area contributed by atoms with Crippen LogP contribution >= 0.6 is 0 Å². The lowest BCUT2D eigenvalue weighted by atomic mass is 10.1. The van der Waals surface area contributed by atoms with E-state index >= 15 is 0 Å². The average molecular weight is 282 g/mol. The summed E-state index contributed by atoms with van der Waals surface area (Å²) >= 11 is 0. The number of hydrogen-bond acceptors (Lipinski definition) is 3. The van der Waals surface area contributed by atoms with Crippen LogP contribution in [0.4, 0.5) is 0 Å². The van der Waals surface area contributed by atoms with Gasteiger partial charge in [0.15, 0.2) is 0 Å². The number of rotatable bonds is 3. The largest absolute Gasteiger partial charge is 0.496 e. The third-order valence-electron chi connectivity index (χ3n) is 3.11.